The molecule has 29 heavy (non-hydrogen) atoms. The third-order valence-corrected chi connectivity index (χ3v) is 5.88. The van der Waals surface area contributed by atoms with Crippen LogP contribution in [-0.2, 0) is 13.0 Å². The number of carbonyl (C=O) groups is 1. The van der Waals surface area contributed by atoms with Crippen molar-refractivity contribution in [3.8, 4) is 0 Å². The van der Waals surface area contributed by atoms with E-state index >= 15 is 0 Å². The minimum absolute atomic E-state index is 0.00522. The molecule has 144 valence electrons. The number of anilines is 1. The summed E-state index contributed by atoms with van der Waals surface area (Å²) < 4.78 is 0. The normalized spacial score (nSPS) is 10.7. The van der Waals surface area contributed by atoms with Gasteiger partial charge in [-0.2, -0.15) is 0 Å². The molecule has 0 N–H and O–H groups in total. The first-order chi connectivity index (χ1) is 14.2. The maximum atomic E-state index is 13.5. The lowest BCUT2D eigenvalue weighted by Crippen LogP contribution is -2.30. The van der Waals surface area contributed by atoms with Gasteiger partial charge in [-0.25, -0.2) is 4.98 Å². The Morgan fingerprint density at radius 3 is 2.00 bits per heavy atom. The molecule has 0 unspecified atom stereocenters. The van der Waals surface area contributed by atoms with E-state index in [0.717, 1.165) is 28.4 Å². The van der Waals surface area contributed by atoms with Gasteiger partial charge in [-0.15, -0.1) is 11.3 Å². The quantitative estimate of drug-likeness (QED) is 0.406. The fourth-order valence-electron chi connectivity index (χ4n) is 3.27. The zero-order valence-electron chi connectivity index (χ0n) is 16.3. The van der Waals surface area contributed by atoms with E-state index in [1.165, 1.54) is 16.9 Å². The summed E-state index contributed by atoms with van der Waals surface area (Å²) in [7, 11) is 0. The Balaban J connectivity index is 1.64. The molecule has 4 heteroatoms. The van der Waals surface area contributed by atoms with Gasteiger partial charge in [0.2, 0.25) is 0 Å². The maximum absolute atomic E-state index is 13.5. The van der Waals surface area contributed by atoms with E-state index in [9.17, 15) is 4.79 Å². The summed E-state index contributed by atoms with van der Waals surface area (Å²) in [4.78, 5) is 20.8. The molecule has 3 nitrogen and oxygen atoms in total. The van der Waals surface area contributed by atoms with Crippen molar-refractivity contribution >= 4 is 22.9 Å². The lowest BCUT2D eigenvalue weighted by atomic mass is 10.1. The molecule has 0 fully saturated rings. The van der Waals surface area contributed by atoms with Gasteiger partial charge in [-0.05, 0) is 30.2 Å². The molecular formula is C25H22N2OS. The highest BCUT2D eigenvalue weighted by molar-refractivity contribution is 7.14. The molecule has 0 aliphatic rings. The molecular weight excluding hydrogens is 376 g/mol. The molecule has 4 aromatic rings. The van der Waals surface area contributed by atoms with E-state index in [4.69, 9.17) is 0 Å². The summed E-state index contributed by atoms with van der Waals surface area (Å²) in [5.74, 6) is -0.00522. The zero-order chi connectivity index (χ0) is 20.1. The van der Waals surface area contributed by atoms with Gasteiger partial charge in [-0.1, -0.05) is 78.9 Å². The van der Waals surface area contributed by atoms with Gasteiger partial charge in [0.1, 0.15) is 4.88 Å². The number of aromatic nitrogens is 1. The van der Waals surface area contributed by atoms with Crippen LogP contribution in [0.15, 0.2) is 91.0 Å². The first kappa shape index (κ1) is 19.1. The average molecular weight is 399 g/mol. The van der Waals surface area contributed by atoms with Crippen molar-refractivity contribution in [1.82, 2.24) is 4.98 Å². The van der Waals surface area contributed by atoms with Crippen molar-refractivity contribution in [1.29, 1.82) is 0 Å². The van der Waals surface area contributed by atoms with Gasteiger partial charge in [0.15, 0.2) is 0 Å². The van der Waals surface area contributed by atoms with Gasteiger partial charge >= 0.3 is 0 Å². The van der Waals surface area contributed by atoms with Gasteiger partial charge in [-0.3, -0.25) is 4.79 Å². The molecule has 0 saturated carbocycles. The van der Waals surface area contributed by atoms with Crippen molar-refractivity contribution in [2.24, 2.45) is 0 Å². The summed E-state index contributed by atoms with van der Waals surface area (Å²) in [6.45, 7) is 2.44. The van der Waals surface area contributed by atoms with Crippen LogP contribution in [0.1, 0.15) is 31.5 Å². The maximum Gasteiger partial charge on any atom is 0.270 e. The van der Waals surface area contributed by atoms with E-state index in [2.05, 4.69) is 17.1 Å². The van der Waals surface area contributed by atoms with E-state index in [1.807, 2.05) is 90.7 Å². The van der Waals surface area contributed by atoms with Gasteiger partial charge in [0, 0.05) is 12.1 Å². The second-order valence-corrected chi connectivity index (χ2v) is 7.98. The highest BCUT2D eigenvalue weighted by Gasteiger charge is 2.23. The van der Waals surface area contributed by atoms with Crippen molar-refractivity contribution in [2.45, 2.75) is 19.9 Å². The number of carbonyl (C=O) groups excluding carboxylic acids is 1. The topological polar surface area (TPSA) is 33.2 Å². The monoisotopic (exact) mass is 398 g/mol. The second-order valence-electron chi connectivity index (χ2n) is 6.90. The molecule has 3 aromatic carbocycles. The molecule has 4 rings (SSSR count). The molecule has 0 bridgehead atoms. The lowest BCUT2D eigenvalue weighted by molar-refractivity contribution is 0.0988. The van der Waals surface area contributed by atoms with Crippen LogP contribution in [0.25, 0.3) is 0 Å². The molecule has 0 radical (unpaired) electrons. The summed E-state index contributed by atoms with van der Waals surface area (Å²) in [5, 5.41) is 0.963. The number of hydrogen-bond acceptors (Lipinski definition) is 3. The van der Waals surface area contributed by atoms with E-state index < -0.39 is 0 Å². The molecule has 0 saturated heterocycles. The number of amides is 1. The highest BCUT2D eigenvalue weighted by atomic mass is 32.1. The summed E-state index contributed by atoms with van der Waals surface area (Å²) in [5.41, 5.74) is 3.97. The second kappa shape index (κ2) is 8.84. The summed E-state index contributed by atoms with van der Waals surface area (Å²) >= 11 is 1.49. The molecule has 1 aromatic heterocycles. The number of nitrogens with zero attached hydrogens (tertiary/aromatic N) is 2. The number of thiazole rings is 1. The van der Waals surface area contributed by atoms with Gasteiger partial charge in [0.05, 0.1) is 17.2 Å². The van der Waals surface area contributed by atoms with Crippen LogP contribution in [0.3, 0.4) is 0 Å². The van der Waals surface area contributed by atoms with Crippen molar-refractivity contribution in [3.63, 3.8) is 0 Å². The predicted octanol–water partition coefficient (Wildman–Crippen LogP) is 5.89. The Hall–Kier alpha value is -3.24. The Labute approximate surface area is 175 Å². The molecule has 0 spiro atoms. The Morgan fingerprint density at radius 1 is 0.828 bits per heavy atom. The van der Waals surface area contributed by atoms with Crippen molar-refractivity contribution in [2.75, 3.05) is 4.90 Å². The number of hydrogen-bond donors (Lipinski definition) is 0. The first-order valence-electron chi connectivity index (χ1n) is 9.62. The molecule has 0 aliphatic heterocycles. The fraction of sp³-hybridized carbons (Fsp3) is 0.120. The Bertz CT molecular complexity index is 1080. The van der Waals surface area contributed by atoms with Crippen LogP contribution in [0.5, 0.6) is 0 Å². The summed E-state index contributed by atoms with van der Waals surface area (Å²) in [6.07, 6.45) is 0.740. The Morgan fingerprint density at radius 2 is 1.38 bits per heavy atom. The molecule has 1 heterocycles. The minimum atomic E-state index is -0.00522. The van der Waals surface area contributed by atoms with Crippen LogP contribution in [0.4, 0.5) is 5.69 Å². The van der Waals surface area contributed by atoms with E-state index in [0.29, 0.717) is 11.4 Å². The standard InChI is InChI=1S/C25H22N2OS/c1-19-24(29-23(26-19)17-20-11-5-2-6-12-20)25(28)27(22-15-9-4-10-16-22)18-21-13-7-3-8-14-21/h2-16H,17-18H2,1H3. The molecule has 0 atom stereocenters. The smallest absolute Gasteiger partial charge is 0.270 e. The highest BCUT2D eigenvalue weighted by Crippen LogP contribution is 2.26. The van der Waals surface area contributed by atoms with Crippen molar-refractivity contribution < 1.29 is 4.79 Å². The number of benzene rings is 3. The van der Waals surface area contributed by atoms with Crippen LogP contribution in [0.2, 0.25) is 0 Å². The summed E-state index contributed by atoms with van der Waals surface area (Å²) in [6, 6.07) is 30.1. The fourth-order valence-corrected chi connectivity index (χ4v) is 4.32. The largest absolute Gasteiger partial charge is 0.303 e. The lowest BCUT2D eigenvalue weighted by Gasteiger charge is -2.22. The molecule has 0 aliphatic carbocycles. The SMILES string of the molecule is Cc1nc(Cc2ccccc2)sc1C(=O)N(Cc1ccccc1)c1ccccc1. The van der Waals surface area contributed by atoms with Gasteiger partial charge < -0.3 is 4.90 Å². The number of aryl methyl sites for hydroxylation is 1. The van der Waals surface area contributed by atoms with E-state index in [1.54, 1.807) is 0 Å². The van der Waals surface area contributed by atoms with E-state index in [-0.39, 0.29) is 5.91 Å². The first-order valence-corrected chi connectivity index (χ1v) is 10.4. The number of para-hydroxylation sites is 1. The predicted molar refractivity (Wildman–Crippen MR) is 119 cm³/mol. The number of rotatable bonds is 6. The van der Waals surface area contributed by atoms with Crippen LogP contribution in [0, 0.1) is 6.92 Å². The average Bonchev–Trinajstić information content (AvgIpc) is 3.13. The Kier molecular flexibility index (Phi) is 5.82. The zero-order valence-corrected chi connectivity index (χ0v) is 17.1. The molecule has 1 amide bonds. The van der Waals surface area contributed by atoms with Gasteiger partial charge in [0.25, 0.3) is 5.91 Å². The van der Waals surface area contributed by atoms with Crippen LogP contribution in [-0.4, -0.2) is 10.9 Å². The van der Waals surface area contributed by atoms with Crippen LogP contribution < -0.4 is 4.90 Å². The third-order valence-electron chi connectivity index (χ3n) is 4.73. The van der Waals surface area contributed by atoms with Crippen molar-refractivity contribution in [3.05, 3.63) is 118 Å². The minimum Gasteiger partial charge on any atom is -0.303 e. The van der Waals surface area contributed by atoms with Crippen LogP contribution >= 0.6 is 11.3 Å². The third kappa shape index (κ3) is 4.61.